The van der Waals surface area contributed by atoms with E-state index in [0.717, 1.165) is 19.8 Å². The molecule has 1 saturated heterocycles. The fourth-order valence-electron chi connectivity index (χ4n) is 3.82. The second-order valence-electron chi connectivity index (χ2n) is 6.77. The van der Waals surface area contributed by atoms with Crippen molar-refractivity contribution in [1.82, 2.24) is 0 Å². The maximum atomic E-state index is 14.3. The zero-order chi connectivity index (χ0) is 17.0. The minimum atomic E-state index is -3.00. The van der Waals surface area contributed by atoms with E-state index in [1.165, 1.54) is 0 Å². The first-order valence-corrected chi connectivity index (χ1v) is 8.58. The lowest BCUT2D eigenvalue weighted by molar-refractivity contribution is -0.174. The van der Waals surface area contributed by atoms with Crippen LogP contribution in [0.2, 0.25) is 0 Å². The van der Waals surface area contributed by atoms with Gasteiger partial charge in [0, 0.05) is 19.3 Å². The van der Waals surface area contributed by atoms with Crippen LogP contribution in [0.5, 0.6) is 0 Å². The maximum absolute atomic E-state index is 14.3. The Labute approximate surface area is 135 Å². The van der Waals surface area contributed by atoms with Gasteiger partial charge in [0.1, 0.15) is 6.10 Å². The average Bonchev–Trinajstić information content (AvgIpc) is 3.00. The molecule has 1 aliphatic carbocycles. The molecule has 0 bridgehead atoms. The van der Waals surface area contributed by atoms with Crippen molar-refractivity contribution >= 4 is 11.9 Å². The second-order valence-corrected chi connectivity index (χ2v) is 6.77. The highest BCUT2D eigenvalue weighted by molar-refractivity contribution is 5.72. The van der Waals surface area contributed by atoms with Gasteiger partial charge in [-0.15, -0.1) is 0 Å². The largest absolute Gasteiger partial charge is 0.462 e. The third-order valence-electron chi connectivity index (χ3n) is 5.03. The zero-order valence-corrected chi connectivity index (χ0v) is 13.9. The van der Waals surface area contributed by atoms with Crippen LogP contribution in [0.4, 0.5) is 8.78 Å². The van der Waals surface area contributed by atoms with Gasteiger partial charge < -0.3 is 9.47 Å². The Kier molecular flexibility index (Phi) is 5.98. The molecule has 2 unspecified atom stereocenters. The number of esters is 2. The predicted molar refractivity (Wildman–Crippen MR) is 80.0 cm³/mol. The standard InChI is InChI=1S/C17H26F2O4/c1-3-4-9-17(18,19)15(22-11(2)20)8-6-12-5-7-14-13(12)10-16(21)23-14/h12-15H,3-10H2,1-2H3/t12-,13-,14?,15?/m1/s1. The van der Waals surface area contributed by atoms with E-state index in [4.69, 9.17) is 9.47 Å². The Hall–Kier alpha value is -1.20. The molecule has 0 aromatic carbocycles. The number of rotatable bonds is 8. The molecule has 0 spiro atoms. The van der Waals surface area contributed by atoms with E-state index < -0.39 is 18.0 Å². The molecule has 2 aliphatic rings. The molecule has 0 amide bonds. The number of fused-ring (bicyclic) bond motifs is 1. The zero-order valence-electron chi connectivity index (χ0n) is 13.9. The van der Waals surface area contributed by atoms with Gasteiger partial charge in [-0.25, -0.2) is 8.78 Å². The molecule has 132 valence electrons. The van der Waals surface area contributed by atoms with Gasteiger partial charge in [0.25, 0.3) is 5.92 Å². The summed E-state index contributed by atoms with van der Waals surface area (Å²) in [5.41, 5.74) is 0. The van der Waals surface area contributed by atoms with Gasteiger partial charge in [0.15, 0.2) is 6.10 Å². The number of hydrogen-bond acceptors (Lipinski definition) is 4. The molecule has 0 N–H and O–H groups in total. The van der Waals surface area contributed by atoms with E-state index in [9.17, 15) is 18.4 Å². The fraction of sp³-hybridized carbons (Fsp3) is 0.882. The Balaban J connectivity index is 1.92. The third kappa shape index (κ3) is 4.64. The van der Waals surface area contributed by atoms with Gasteiger partial charge >= 0.3 is 11.9 Å². The van der Waals surface area contributed by atoms with Gasteiger partial charge in [-0.3, -0.25) is 9.59 Å². The van der Waals surface area contributed by atoms with Crippen LogP contribution in [-0.4, -0.2) is 30.1 Å². The molecule has 0 aromatic heterocycles. The Morgan fingerprint density at radius 2 is 2.17 bits per heavy atom. The average molecular weight is 332 g/mol. The molecule has 2 rings (SSSR count). The van der Waals surface area contributed by atoms with Crippen molar-refractivity contribution in [2.75, 3.05) is 0 Å². The van der Waals surface area contributed by atoms with Crippen LogP contribution in [0.1, 0.15) is 65.2 Å². The summed E-state index contributed by atoms with van der Waals surface area (Å²) in [5.74, 6) is -3.51. The molecule has 23 heavy (non-hydrogen) atoms. The van der Waals surface area contributed by atoms with Crippen LogP contribution in [-0.2, 0) is 19.1 Å². The first kappa shape index (κ1) is 18.1. The summed E-state index contributed by atoms with van der Waals surface area (Å²) in [6.07, 6.45) is 2.16. The smallest absolute Gasteiger partial charge is 0.306 e. The number of halogens is 2. The van der Waals surface area contributed by atoms with Crippen molar-refractivity contribution in [3.8, 4) is 0 Å². The van der Waals surface area contributed by atoms with Gasteiger partial charge in [0.2, 0.25) is 0 Å². The second kappa shape index (κ2) is 7.58. The molecule has 6 heteroatoms. The van der Waals surface area contributed by atoms with Gasteiger partial charge in [-0.1, -0.05) is 13.3 Å². The topological polar surface area (TPSA) is 52.6 Å². The van der Waals surface area contributed by atoms with Crippen molar-refractivity contribution in [1.29, 1.82) is 0 Å². The van der Waals surface area contributed by atoms with E-state index >= 15 is 0 Å². The fourth-order valence-corrected chi connectivity index (χ4v) is 3.82. The Morgan fingerprint density at radius 1 is 1.43 bits per heavy atom. The minimum absolute atomic E-state index is 0.0414. The highest BCUT2D eigenvalue weighted by Crippen LogP contribution is 2.44. The van der Waals surface area contributed by atoms with Crippen LogP contribution in [0.3, 0.4) is 0 Å². The van der Waals surface area contributed by atoms with Crippen LogP contribution >= 0.6 is 0 Å². The molecule has 2 fully saturated rings. The number of alkyl halides is 2. The van der Waals surface area contributed by atoms with Gasteiger partial charge in [-0.05, 0) is 38.0 Å². The quantitative estimate of drug-likeness (QED) is 0.633. The SMILES string of the molecule is CCCCC(F)(F)C(CC[C@H]1CCC2OC(=O)C[C@@H]21)OC(C)=O. The lowest BCUT2D eigenvalue weighted by Gasteiger charge is -2.28. The van der Waals surface area contributed by atoms with Crippen molar-refractivity contribution < 1.29 is 27.8 Å². The van der Waals surface area contributed by atoms with Gasteiger partial charge in [0.05, 0.1) is 6.42 Å². The van der Waals surface area contributed by atoms with E-state index in [-0.39, 0.29) is 36.8 Å². The molecular weight excluding hydrogens is 306 g/mol. The molecule has 1 aliphatic heterocycles. The van der Waals surface area contributed by atoms with E-state index in [1.807, 2.05) is 6.92 Å². The number of carbonyl (C=O) groups excluding carboxylic acids is 2. The first-order valence-electron chi connectivity index (χ1n) is 8.58. The summed E-state index contributed by atoms with van der Waals surface area (Å²) < 4.78 is 38.7. The molecule has 4 atom stereocenters. The van der Waals surface area contributed by atoms with E-state index in [2.05, 4.69) is 0 Å². The van der Waals surface area contributed by atoms with Crippen LogP contribution in [0, 0.1) is 11.8 Å². The number of ether oxygens (including phenoxy) is 2. The number of unbranched alkanes of at least 4 members (excludes halogenated alkanes) is 1. The van der Waals surface area contributed by atoms with Crippen LogP contribution in [0.25, 0.3) is 0 Å². The molecule has 0 aromatic rings. The monoisotopic (exact) mass is 332 g/mol. The number of hydrogen-bond donors (Lipinski definition) is 0. The van der Waals surface area contributed by atoms with Gasteiger partial charge in [-0.2, -0.15) is 0 Å². The van der Waals surface area contributed by atoms with Crippen molar-refractivity contribution in [3.05, 3.63) is 0 Å². The molecular formula is C17H26F2O4. The summed E-state index contributed by atoms with van der Waals surface area (Å²) in [7, 11) is 0. The summed E-state index contributed by atoms with van der Waals surface area (Å²) in [6, 6.07) is 0. The summed E-state index contributed by atoms with van der Waals surface area (Å²) >= 11 is 0. The highest BCUT2D eigenvalue weighted by Gasteiger charge is 2.46. The Bertz CT molecular complexity index is 438. The summed E-state index contributed by atoms with van der Waals surface area (Å²) in [5, 5.41) is 0. The third-order valence-corrected chi connectivity index (χ3v) is 5.03. The van der Waals surface area contributed by atoms with Crippen LogP contribution in [0.15, 0.2) is 0 Å². The minimum Gasteiger partial charge on any atom is -0.462 e. The highest BCUT2D eigenvalue weighted by atomic mass is 19.3. The summed E-state index contributed by atoms with van der Waals surface area (Å²) in [4.78, 5) is 22.5. The lowest BCUT2D eigenvalue weighted by atomic mass is 9.87. The predicted octanol–water partition coefficient (Wildman–Crippen LogP) is 3.87. The van der Waals surface area contributed by atoms with E-state index in [0.29, 0.717) is 25.7 Å². The lowest BCUT2D eigenvalue weighted by Crippen LogP contribution is -2.37. The molecule has 0 radical (unpaired) electrons. The normalized spacial score (nSPS) is 28.3. The number of carbonyl (C=O) groups is 2. The van der Waals surface area contributed by atoms with E-state index in [1.54, 1.807) is 0 Å². The summed E-state index contributed by atoms with van der Waals surface area (Å²) in [6.45, 7) is 3.02. The first-order chi connectivity index (χ1) is 10.8. The Morgan fingerprint density at radius 3 is 2.83 bits per heavy atom. The molecule has 1 saturated carbocycles. The van der Waals surface area contributed by atoms with Crippen molar-refractivity contribution in [2.24, 2.45) is 11.8 Å². The van der Waals surface area contributed by atoms with Crippen LogP contribution < -0.4 is 0 Å². The van der Waals surface area contributed by atoms with Crippen molar-refractivity contribution in [2.45, 2.75) is 83.3 Å². The van der Waals surface area contributed by atoms with Crippen molar-refractivity contribution in [3.63, 3.8) is 0 Å². The molecule has 4 nitrogen and oxygen atoms in total. The molecule has 1 heterocycles. The maximum Gasteiger partial charge on any atom is 0.306 e.